The molecule has 0 saturated heterocycles. The summed E-state index contributed by atoms with van der Waals surface area (Å²) < 4.78 is 2.22. The van der Waals surface area contributed by atoms with Crippen LogP contribution in [0.25, 0.3) is 11.0 Å². The summed E-state index contributed by atoms with van der Waals surface area (Å²) in [5.74, 6) is 0. The quantitative estimate of drug-likeness (QED) is 0.730. The van der Waals surface area contributed by atoms with Gasteiger partial charge in [-0.05, 0) is 36.6 Å². The number of nitrogen functional groups attached to an aromatic ring is 1. The molecule has 1 unspecified atom stereocenters. The summed E-state index contributed by atoms with van der Waals surface area (Å²) in [6.07, 6.45) is 2.94. The summed E-state index contributed by atoms with van der Waals surface area (Å²) in [5, 5.41) is 2.12. The molecule has 3 aromatic rings. The van der Waals surface area contributed by atoms with Crippen LogP contribution in [0.2, 0.25) is 0 Å². The second kappa shape index (κ2) is 4.46. The van der Waals surface area contributed by atoms with E-state index in [4.69, 9.17) is 5.73 Å². The normalized spacial score (nSPS) is 12.9. The highest BCUT2D eigenvalue weighted by atomic mass is 32.1. The molecule has 92 valence electrons. The molecule has 18 heavy (non-hydrogen) atoms. The maximum Gasteiger partial charge on any atom is 0.0960 e. The van der Waals surface area contributed by atoms with Crippen LogP contribution in [0.3, 0.4) is 0 Å². The van der Waals surface area contributed by atoms with Crippen LogP contribution < -0.4 is 5.73 Å². The zero-order valence-corrected chi connectivity index (χ0v) is 11.0. The molecule has 0 radical (unpaired) electrons. The third kappa shape index (κ3) is 1.99. The molecule has 0 aliphatic rings. The first-order valence-corrected chi connectivity index (χ1v) is 6.86. The molecule has 0 bridgehead atoms. The van der Waals surface area contributed by atoms with Gasteiger partial charge in [0.2, 0.25) is 0 Å². The van der Waals surface area contributed by atoms with Gasteiger partial charge in [0.15, 0.2) is 0 Å². The maximum absolute atomic E-state index is 5.77. The van der Waals surface area contributed by atoms with Crippen LogP contribution in [0, 0.1) is 0 Å². The van der Waals surface area contributed by atoms with Gasteiger partial charge in [-0.3, -0.25) is 0 Å². The summed E-state index contributed by atoms with van der Waals surface area (Å²) in [7, 11) is 0. The Kier molecular flexibility index (Phi) is 2.80. The largest absolute Gasteiger partial charge is 0.399 e. The van der Waals surface area contributed by atoms with Crippen LogP contribution in [0.4, 0.5) is 5.69 Å². The summed E-state index contributed by atoms with van der Waals surface area (Å²) in [6.45, 7) is 2.22. The highest BCUT2D eigenvalue weighted by molar-refractivity contribution is 7.09. The molecule has 2 aromatic heterocycles. The Morgan fingerprint density at radius 1 is 1.39 bits per heavy atom. The predicted molar refractivity (Wildman–Crippen MR) is 76.9 cm³/mol. The van der Waals surface area contributed by atoms with Gasteiger partial charge >= 0.3 is 0 Å². The number of fused-ring (bicyclic) bond motifs is 1. The van der Waals surface area contributed by atoms with E-state index < -0.39 is 0 Å². The number of aromatic nitrogens is 2. The minimum absolute atomic E-state index is 0.400. The topological polar surface area (TPSA) is 43.8 Å². The van der Waals surface area contributed by atoms with Crippen molar-refractivity contribution in [3.05, 3.63) is 46.9 Å². The van der Waals surface area contributed by atoms with Crippen LogP contribution in [0.15, 0.2) is 42.0 Å². The molecule has 0 fully saturated rings. The monoisotopic (exact) mass is 257 g/mol. The molecular weight excluding hydrogens is 242 g/mol. The van der Waals surface area contributed by atoms with Crippen LogP contribution >= 0.6 is 11.3 Å². The summed E-state index contributed by atoms with van der Waals surface area (Å²) in [5.41, 5.74) is 8.65. The average Bonchev–Trinajstić information content (AvgIpc) is 2.97. The van der Waals surface area contributed by atoms with Gasteiger partial charge in [0.1, 0.15) is 0 Å². The minimum Gasteiger partial charge on any atom is -0.399 e. The van der Waals surface area contributed by atoms with Crippen LogP contribution in [0.1, 0.15) is 17.8 Å². The van der Waals surface area contributed by atoms with E-state index in [0.29, 0.717) is 6.04 Å². The number of rotatable bonds is 3. The van der Waals surface area contributed by atoms with Crippen LogP contribution in [0.5, 0.6) is 0 Å². The Hall–Kier alpha value is -1.81. The molecule has 3 nitrogen and oxygen atoms in total. The van der Waals surface area contributed by atoms with Crippen molar-refractivity contribution in [3.8, 4) is 0 Å². The fourth-order valence-corrected chi connectivity index (χ4v) is 3.04. The fraction of sp³-hybridized carbons (Fsp3) is 0.214. The third-order valence-corrected chi connectivity index (χ3v) is 4.05. The highest BCUT2D eigenvalue weighted by Gasteiger charge is 2.10. The number of nitrogens with zero attached hydrogens (tertiary/aromatic N) is 2. The number of imidazole rings is 1. The number of anilines is 1. The highest BCUT2D eigenvalue weighted by Crippen LogP contribution is 2.23. The van der Waals surface area contributed by atoms with Gasteiger partial charge in [-0.1, -0.05) is 6.07 Å². The smallest absolute Gasteiger partial charge is 0.0960 e. The second-order valence-electron chi connectivity index (χ2n) is 4.53. The van der Waals surface area contributed by atoms with Gasteiger partial charge in [0.25, 0.3) is 0 Å². The number of benzene rings is 1. The second-order valence-corrected chi connectivity index (χ2v) is 5.56. The van der Waals surface area contributed by atoms with E-state index in [-0.39, 0.29) is 0 Å². The molecular formula is C14H15N3S. The van der Waals surface area contributed by atoms with Crippen molar-refractivity contribution in [1.29, 1.82) is 0 Å². The molecule has 3 rings (SSSR count). The Morgan fingerprint density at radius 3 is 3.06 bits per heavy atom. The lowest BCUT2D eigenvalue weighted by molar-refractivity contribution is 0.563. The number of hydrogen-bond donors (Lipinski definition) is 1. The zero-order valence-electron chi connectivity index (χ0n) is 10.2. The summed E-state index contributed by atoms with van der Waals surface area (Å²) in [6, 6.07) is 10.6. The van der Waals surface area contributed by atoms with Gasteiger partial charge in [-0.25, -0.2) is 4.98 Å². The molecule has 2 heterocycles. The van der Waals surface area contributed by atoms with Crippen molar-refractivity contribution < 1.29 is 0 Å². The Balaban J connectivity index is 1.94. The lowest BCUT2D eigenvalue weighted by Gasteiger charge is -2.13. The van der Waals surface area contributed by atoms with Crippen LogP contribution in [-0.4, -0.2) is 9.55 Å². The summed E-state index contributed by atoms with van der Waals surface area (Å²) >= 11 is 1.80. The summed E-state index contributed by atoms with van der Waals surface area (Å²) in [4.78, 5) is 5.82. The van der Waals surface area contributed by atoms with Crippen molar-refractivity contribution in [2.24, 2.45) is 0 Å². The van der Waals surface area contributed by atoms with E-state index in [1.165, 1.54) is 4.88 Å². The Morgan fingerprint density at radius 2 is 2.28 bits per heavy atom. The standard InChI is InChI=1S/C14H15N3S/c1-10(7-12-3-2-6-18-12)17-9-16-13-8-11(15)4-5-14(13)17/h2-6,8-10H,7,15H2,1H3. The van der Waals surface area contributed by atoms with Crippen molar-refractivity contribution in [2.45, 2.75) is 19.4 Å². The molecule has 4 heteroatoms. The first kappa shape index (κ1) is 11.3. The molecule has 1 aromatic carbocycles. The molecule has 0 amide bonds. The van der Waals surface area contributed by atoms with Crippen molar-refractivity contribution >= 4 is 28.1 Å². The van der Waals surface area contributed by atoms with E-state index in [0.717, 1.165) is 23.1 Å². The zero-order chi connectivity index (χ0) is 12.5. The molecule has 0 spiro atoms. The average molecular weight is 257 g/mol. The van der Waals surface area contributed by atoms with E-state index in [1.54, 1.807) is 11.3 Å². The molecule has 0 aliphatic carbocycles. The number of hydrogen-bond acceptors (Lipinski definition) is 3. The van der Waals surface area contributed by atoms with E-state index in [2.05, 4.69) is 34.0 Å². The maximum atomic E-state index is 5.77. The van der Waals surface area contributed by atoms with Crippen molar-refractivity contribution in [2.75, 3.05) is 5.73 Å². The first-order chi connectivity index (χ1) is 8.74. The lowest BCUT2D eigenvalue weighted by atomic mass is 10.2. The van der Waals surface area contributed by atoms with Crippen molar-refractivity contribution in [1.82, 2.24) is 9.55 Å². The van der Waals surface area contributed by atoms with Gasteiger partial charge in [-0.2, -0.15) is 0 Å². The molecule has 0 aliphatic heterocycles. The van der Waals surface area contributed by atoms with Crippen LogP contribution in [-0.2, 0) is 6.42 Å². The van der Waals surface area contributed by atoms with E-state index in [9.17, 15) is 0 Å². The van der Waals surface area contributed by atoms with Crippen molar-refractivity contribution in [3.63, 3.8) is 0 Å². The number of thiophene rings is 1. The fourth-order valence-electron chi connectivity index (χ4n) is 2.22. The Labute approximate surface area is 110 Å². The minimum atomic E-state index is 0.400. The van der Waals surface area contributed by atoms with Gasteiger partial charge in [-0.15, -0.1) is 11.3 Å². The van der Waals surface area contributed by atoms with Gasteiger partial charge in [0, 0.05) is 23.0 Å². The number of nitrogens with two attached hydrogens (primary N) is 1. The molecule has 2 N–H and O–H groups in total. The SMILES string of the molecule is CC(Cc1cccs1)n1cnc2cc(N)ccc21. The first-order valence-electron chi connectivity index (χ1n) is 5.98. The lowest BCUT2D eigenvalue weighted by Crippen LogP contribution is -2.06. The molecule has 1 atom stereocenters. The molecule has 0 saturated carbocycles. The van der Waals surface area contributed by atoms with Gasteiger partial charge in [0.05, 0.1) is 17.4 Å². The van der Waals surface area contributed by atoms with E-state index in [1.807, 2.05) is 24.5 Å². The predicted octanol–water partition coefficient (Wildman–Crippen LogP) is 3.48. The third-order valence-electron chi connectivity index (χ3n) is 3.15. The Bertz CT molecular complexity index is 655. The van der Waals surface area contributed by atoms with Gasteiger partial charge < -0.3 is 10.3 Å². The van der Waals surface area contributed by atoms with E-state index >= 15 is 0 Å².